The van der Waals surface area contributed by atoms with Gasteiger partial charge in [0.05, 0.1) is 22.2 Å². The van der Waals surface area contributed by atoms with Gasteiger partial charge >= 0.3 is 0 Å². The van der Waals surface area contributed by atoms with E-state index >= 15 is 0 Å². The van der Waals surface area contributed by atoms with Crippen molar-refractivity contribution in [3.63, 3.8) is 0 Å². The van der Waals surface area contributed by atoms with Crippen molar-refractivity contribution >= 4 is 46.2 Å². The second-order valence-corrected chi connectivity index (χ2v) is 12.7. The first-order valence-corrected chi connectivity index (χ1v) is 14.4. The second kappa shape index (κ2) is 8.77. The number of benzene rings is 5. The molecule has 0 radical (unpaired) electrons. The summed E-state index contributed by atoms with van der Waals surface area (Å²) in [7, 11) is -3.00. The van der Waals surface area contributed by atoms with E-state index in [2.05, 4.69) is 138 Å². The van der Waals surface area contributed by atoms with Gasteiger partial charge in [0.1, 0.15) is 11.5 Å². The zero-order valence-electron chi connectivity index (χ0n) is 20.2. The summed E-state index contributed by atoms with van der Waals surface area (Å²) in [6, 6.07) is 51.3. The number of ether oxygens (including phenoxy) is 1. The number of para-hydroxylation sites is 5. The first-order chi connectivity index (χ1) is 18.4. The third-order valence-corrected chi connectivity index (χ3v) is 11.6. The number of anilines is 2. The van der Waals surface area contributed by atoms with E-state index in [4.69, 9.17) is 9.72 Å². The van der Waals surface area contributed by atoms with Crippen molar-refractivity contribution < 1.29 is 4.74 Å². The quantitative estimate of drug-likeness (QED) is 0.276. The Morgan fingerprint density at radius 2 is 1.00 bits per heavy atom. The van der Waals surface area contributed by atoms with Crippen LogP contribution in [0.3, 0.4) is 0 Å². The molecule has 4 heteroatoms. The molecule has 3 nitrogen and oxygen atoms in total. The molecule has 5 aromatic carbocycles. The van der Waals surface area contributed by atoms with Crippen LogP contribution < -0.4 is 25.0 Å². The van der Waals surface area contributed by atoms with Gasteiger partial charge in [-0.15, -0.1) is 0 Å². The van der Waals surface area contributed by atoms with Gasteiger partial charge in [-0.2, -0.15) is 0 Å². The summed E-state index contributed by atoms with van der Waals surface area (Å²) in [6.45, 7) is 0. The highest BCUT2D eigenvalue weighted by Gasteiger charge is 2.50. The molecule has 6 aromatic rings. The summed E-state index contributed by atoms with van der Waals surface area (Å²) >= 11 is 0. The monoisotopic (exact) mass is 492 g/mol. The minimum absolute atomic E-state index is 0.853. The van der Waals surface area contributed by atoms with Crippen molar-refractivity contribution in [2.24, 2.45) is 0 Å². The van der Waals surface area contributed by atoms with Crippen LogP contribution in [-0.4, -0.2) is 13.2 Å². The smallest absolute Gasteiger partial charge is 0.276 e. The Hall–Kier alpha value is -4.67. The molecule has 2 heterocycles. The third-order valence-electron chi connectivity index (χ3n) is 7.12. The lowest BCUT2D eigenvalue weighted by molar-refractivity contribution is 0.478. The Balaban J connectivity index is 1.66. The highest BCUT2D eigenvalue weighted by Crippen LogP contribution is 2.48. The number of hydrogen-bond acceptors (Lipinski definition) is 3. The Morgan fingerprint density at radius 1 is 0.486 bits per heavy atom. The molecule has 0 fully saturated rings. The van der Waals surface area contributed by atoms with E-state index in [1.165, 1.54) is 10.4 Å². The molecule has 0 saturated carbocycles. The van der Waals surface area contributed by atoms with E-state index in [0.717, 1.165) is 39.1 Å². The normalized spacial score (nSPS) is 12.5. The summed E-state index contributed by atoms with van der Waals surface area (Å²) in [5.74, 6) is 1.71. The molecule has 0 saturated heterocycles. The summed E-state index contributed by atoms with van der Waals surface area (Å²) in [6.07, 6.45) is 0. The van der Waals surface area contributed by atoms with Crippen LogP contribution in [-0.2, 0) is 0 Å². The van der Waals surface area contributed by atoms with E-state index in [-0.39, 0.29) is 0 Å². The SMILES string of the molecule is c1ccc([Si](c2ccccc2)(c2ccc3ccccc3n2)N2c3ccccc3Oc3ccccc32)cc1. The molecule has 0 aliphatic carbocycles. The fraction of sp³-hybridized carbons (Fsp3) is 0. The van der Waals surface area contributed by atoms with Crippen molar-refractivity contribution in [3.8, 4) is 11.5 Å². The molecule has 1 aromatic heterocycles. The standard InChI is InChI=1S/C33H24N2OSi/c1-3-14-26(15-4-1)37(27-16-5-2-6-17-27,33-24-23-25-13-7-8-18-28(25)34-33)35-29-19-9-11-21-31(29)36-32-22-12-10-20-30(32)35/h1-24H. The van der Waals surface area contributed by atoms with Gasteiger partial charge in [0, 0.05) is 5.39 Å². The number of hydrogen-bond donors (Lipinski definition) is 0. The van der Waals surface area contributed by atoms with Gasteiger partial charge in [0.15, 0.2) is 0 Å². The number of pyridine rings is 1. The first-order valence-electron chi connectivity index (χ1n) is 12.5. The molecule has 1 aliphatic rings. The highest BCUT2D eigenvalue weighted by molar-refractivity contribution is 7.14. The maximum atomic E-state index is 6.44. The molecule has 37 heavy (non-hydrogen) atoms. The maximum Gasteiger partial charge on any atom is 0.276 e. The van der Waals surface area contributed by atoms with E-state index in [1.54, 1.807) is 0 Å². The second-order valence-electron chi connectivity index (χ2n) is 9.20. The van der Waals surface area contributed by atoms with Crippen molar-refractivity contribution in [3.05, 3.63) is 146 Å². The molecular formula is C33H24N2OSi. The van der Waals surface area contributed by atoms with Gasteiger partial charge in [-0.05, 0) is 46.8 Å². The van der Waals surface area contributed by atoms with Crippen LogP contribution in [0.25, 0.3) is 10.9 Å². The third kappa shape index (κ3) is 3.38. The number of nitrogens with zero attached hydrogens (tertiary/aromatic N) is 2. The van der Waals surface area contributed by atoms with Crippen LogP contribution in [0.15, 0.2) is 146 Å². The highest BCUT2D eigenvalue weighted by atomic mass is 28.3. The Kier molecular flexibility index (Phi) is 5.12. The molecular weight excluding hydrogens is 468 g/mol. The first kappa shape index (κ1) is 21.6. The Bertz CT molecular complexity index is 1630. The zero-order chi connectivity index (χ0) is 24.7. The van der Waals surface area contributed by atoms with E-state index in [1.807, 2.05) is 12.1 Å². The van der Waals surface area contributed by atoms with E-state index in [0.29, 0.717) is 0 Å². The summed E-state index contributed by atoms with van der Waals surface area (Å²) < 4.78 is 8.99. The predicted octanol–water partition coefficient (Wildman–Crippen LogP) is 6.15. The Labute approximate surface area is 217 Å². The van der Waals surface area contributed by atoms with Gasteiger partial charge < -0.3 is 9.30 Å². The van der Waals surface area contributed by atoms with Gasteiger partial charge in [-0.1, -0.05) is 109 Å². The van der Waals surface area contributed by atoms with Crippen LogP contribution >= 0.6 is 0 Å². The Morgan fingerprint density at radius 3 is 1.62 bits per heavy atom. The molecule has 0 spiro atoms. The minimum Gasteiger partial charge on any atom is -0.453 e. The summed E-state index contributed by atoms with van der Waals surface area (Å²) in [5, 5.41) is 4.74. The molecule has 0 N–H and O–H groups in total. The van der Waals surface area contributed by atoms with Crippen LogP contribution in [0, 0.1) is 0 Å². The van der Waals surface area contributed by atoms with Crippen LogP contribution in [0.1, 0.15) is 0 Å². The average Bonchev–Trinajstić information content (AvgIpc) is 2.98. The van der Waals surface area contributed by atoms with Gasteiger partial charge in [-0.3, -0.25) is 4.98 Å². The van der Waals surface area contributed by atoms with Gasteiger partial charge in [0.25, 0.3) is 8.24 Å². The van der Waals surface area contributed by atoms with Crippen LogP contribution in [0.4, 0.5) is 11.4 Å². The number of aromatic nitrogens is 1. The molecule has 0 unspecified atom stereocenters. The predicted molar refractivity (Wildman–Crippen MR) is 154 cm³/mol. The molecule has 0 amide bonds. The number of fused-ring (bicyclic) bond motifs is 3. The fourth-order valence-electron chi connectivity index (χ4n) is 5.53. The van der Waals surface area contributed by atoms with Gasteiger partial charge in [0.2, 0.25) is 0 Å². The minimum atomic E-state index is -3.00. The van der Waals surface area contributed by atoms with Crippen molar-refractivity contribution in [2.45, 2.75) is 0 Å². The van der Waals surface area contributed by atoms with Gasteiger partial charge in [-0.25, -0.2) is 0 Å². The zero-order valence-corrected chi connectivity index (χ0v) is 21.2. The largest absolute Gasteiger partial charge is 0.453 e. The topological polar surface area (TPSA) is 25.4 Å². The van der Waals surface area contributed by atoms with E-state index < -0.39 is 8.24 Å². The summed E-state index contributed by atoms with van der Waals surface area (Å²) in [4.78, 5) is 5.40. The lowest BCUT2D eigenvalue weighted by Crippen LogP contribution is -2.77. The van der Waals surface area contributed by atoms with E-state index in [9.17, 15) is 0 Å². The lowest BCUT2D eigenvalue weighted by atomic mass is 10.2. The van der Waals surface area contributed by atoms with Crippen LogP contribution in [0.5, 0.6) is 11.5 Å². The molecule has 1 aliphatic heterocycles. The molecule has 0 atom stereocenters. The average molecular weight is 493 g/mol. The maximum absolute atomic E-state index is 6.44. The van der Waals surface area contributed by atoms with Crippen LogP contribution in [0.2, 0.25) is 0 Å². The molecule has 0 bridgehead atoms. The van der Waals surface area contributed by atoms with Crippen molar-refractivity contribution in [2.75, 3.05) is 4.57 Å². The van der Waals surface area contributed by atoms with Crippen molar-refractivity contribution in [1.82, 2.24) is 4.98 Å². The molecule has 176 valence electrons. The number of rotatable bonds is 4. The summed E-state index contributed by atoms with van der Waals surface area (Å²) in [5.41, 5.74) is 3.10. The fourth-order valence-corrected chi connectivity index (χ4v) is 10.2. The lowest BCUT2D eigenvalue weighted by Gasteiger charge is -2.46. The van der Waals surface area contributed by atoms with Crippen molar-refractivity contribution in [1.29, 1.82) is 0 Å². The molecule has 7 rings (SSSR count).